The second-order valence-electron chi connectivity index (χ2n) is 5.60. The van der Waals surface area contributed by atoms with Crippen molar-refractivity contribution in [1.29, 1.82) is 0 Å². The maximum Gasteiger partial charge on any atom is 0.257 e. The van der Waals surface area contributed by atoms with Crippen LogP contribution in [-0.4, -0.2) is 18.0 Å². The number of anilines is 2. The molecule has 0 saturated heterocycles. The van der Waals surface area contributed by atoms with Gasteiger partial charge in [0.05, 0.1) is 24.0 Å². The molecule has 0 fully saturated rings. The molecule has 0 atom stereocenters. The minimum Gasteiger partial charge on any atom is -0.495 e. The molecule has 0 aliphatic carbocycles. The van der Waals surface area contributed by atoms with Crippen LogP contribution in [0, 0.1) is 0 Å². The van der Waals surface area contributed by atoms with Gasteiger partial charge in [-0.1, -0.05) is 35.9 Å². The van der Waals surface area contributed by atoms with Crippen molar-refractivity contribution in [2.75, 3.05) is 17.7 Å². The van der Waals surface area contributed by atoms with Crippen LogP contribution in [0.5, 0.6) is 5.75 Å². The zero-order valence-corrected chi connectivity index (χ0v) is 15.0. The quantitative estimate of drug-likeness (QED) is 0.668. The summed E-state index contributed by atoms with van der Waals surface area (Å²) in [6, 6.07) is 16.6. The second kappa shape index (κ2) is 8.36. The highest BCUT2D eigenvalue weighted by Crippen LogP contribution is 2.24. The SMILES string of the molecule is COc1ccccc1NC(=O)c1cncc(NCc2ccc(Cl)cc2)c1. The monoisotopic (exact) mass is 367 g/mol. The lowest BCUT2D eigenvalue weighted by atomic mass is 10.2. The molecule has 6 heteroatoms. The second-order valence-corrected chi connectivity index (χ2v) is 6.03. The van der Waals surface area contributed by atoms with Crippen LogP contribution in [0.4, 0.5) is 11.4 Å². The first-order chi connectivity index (χ1) is 12.7. The van der Waals surface area contributed by atoms with Gasteiger partial charge in [-0.25, -0.2) is 0 Å². The molecule has 0 radical (unpaired) electrons. The van der Waals surface area contributed by atoms with E-state index < -0.39 is 0 Å². The van der Waals surface area contributed by atoms with Crippen LogP contribution in [-0.2, 0) is 6.54 Å². The standard InChI is InChI=1S/C20H18ClN3O2/c1-26-19-5-3-2-4-18(19)24-20(25)15-10-17(13-22-12-15)23-11-14-6-8-16(21)9-7-14/h2-10,12-13,23H,11H2,1H3,(H,24,25). The van der Waals surface area contributed by atoms with Gasteiger partial charge in [0, 0.05) is 24.0 Å². The fraction of sp³-hybridized carbons (Fsp3) is 0.100. The number of carbonyl (C=O) groups is 1. The number of halogens is 1. The first-order valence-electron chi connectivity index (χ1n) is 8.03. The first kappa shape index (κ1) is 17.8. The fourth-order valence-electron chi connectivity index (χ4n) is 2.41. The zero-order valence-electron chi connectivity index (χ0n) is 14.2. The number of nitrogens with one attached hydrogen (secondary N) is 2. The van der Waals surface area contributed by atoms with Crippen molar-refractivity contribution in [2.24, 2.45) is 0 Å². The van der Waals surface area contributed by atoms with Gasteiger partial charge in [0.1, 0.15) is 5.75 Å². The van der Waals surface area contributed by atoms with Gasteiger partial charge in [-0.15, -0.1) is 0 Å². The van der Waals surface area contributed by atoms with E-state index in [2.05, 4.69) is 15.6 Å². The van der Waals surface area contributed by atoms with E-state index in [0.717, 1.165) is 11.3 Å². The summed E-state index contributed by atoms with van der Waals surface area (Å²) in [7, 11) is 1.56. The lowest BCUT2D eigenvalue weighted by Crippen LogP contribution is -2.13. The number of pyridine rings is 1. The van der Waals surface area contributed by atoms with Crippen LogP contribution in [0.25, 0.3) is 0 Å². The lowest BCUT2D eigenvalue weighted by molar-refractivity contribution is 0.102. The molecule has 2 aromatic carbocycles. The Morgan fingerprint density at radius 1 is 1.12 bits per heavy atom. The summed E-state index contributed by atoms with van der Waals surface area (Å²) in [5.41, 5.74) is 2.91. The van der Waals surface area contributed by atoms with Crippen LogP contribution < -0.4 is 15.4 Å². The molecule has 3 aromatic rings. The van der Waals surface area contributed by atoms with E-state index in [9.17, 15) is 4.79 Å². The number of ether oxygens (including phenoxy) is 1. The molecule has 0 spiro atoms. The van der Waals surface area contributed by atoms with Gasteiger partial charge in [0.2, 0.25) is 0 Å². The van der Waals surface area contributed by atoms with E-state index in [1.54, 1.807) is 31.5 Å². The maximum absolute atomic E-state index is 12.5. The summed E-state index contributed by atoms with van der Waals surface area (Å²) in [5, 5.41) is 6.79. The Bertz CT molecular complexity index is 898. The number of rotatable bonds is 6. The van der Waals surface area contributed by atoms with Gasteiger partial charge >= 0.3 is 0 Å². The number of hydrogen-bond acceptors (Lipinski definition) is 4. The fourth-order valence-corrected chi connectivity index (χ4v) is 2.54. The zero-order chi connectivity index (χ0) is 18.4. The average molecular weight is 368 g/mol. The highest BCUT2D eigenvalue weighted by molar-refractivity contribution is 6.30. The van der Waals surface area contributed by atoms with Gasteiger partial charge < -0.3 is 15.4 Å². The van der Waals surface area contributed by atoms with Crippen molar-refractivity contribution in [1.82, 2.24) is 4.98 Å². The van der Waals surface area contributed by atoms with Crippen molar-refractivity contribution < 1.29 is 9.53 Å². The third-order valence-corrected chi connectivity index (χ3v) is 4.02. The van der Waals surface area contributed by atoms with Gasteiger partial charge in [-0.3, -0.25) is 9.78 Å². The van der Waals surface area contributed by atoms with Crippen molar-refractivity contribution in [2.45, 2.75) is 6.54 Å². The molecule has 26 heavy (non-hydrogen) atoms. The van der Waals surface area contributed by atoms with Gasteiger partial charge in [0.25, 0.3) is 5.91 Å². The smallest absolute Gasteiger partial charge is 0.257 e. The molecule has 0 aliphatic heterocycles. The molecular weight excluding hydrogens is 350 g/mol. The Balaban J connectivity index is 1.68. The Kier molecular flexibility index (Phi) is 5.71. The molecule has 5 nitrogen and oxygen atoms in total. The van der Waals surface area contributed by atoms with E-state index in [-0.39, 0.29) is 5.91 Å². The van der Waals surface area contributed by atoms with Crippen LogP contribution >= 0.6 is 11.6 Å². The number of nitrogens with zero attached hydrogens (tertiary/aromatic N) is 1. The van der Waals surface area contributed by atoms with Crippen molar-refractivity contribution in [3.63, 3.8) is 0 Å². The number of methoxy groups -OCH3 is 1. The molecule has 0 aliphatic rings. The van der Waals surface area contributed by atoms with Crippen LogP contribution in [0.3, 0.4) is 0 Å². The number of para-hydroxylation sites is 2. The van der Waals surface area contributed by atoms with Crippen LogP contribution in [0.1, 0.15) is 15.9 Å². The molecule has 1 aromatic heterocycles. The number of hydrogen-bond donors (Lipinski definition) is 2. The van der Waals surface area contributed by atoms with E-state index >= 15 is 0 Å². The number of aromatic nitrogens is 1. The maximum atomic E-state index is 12.5. The Hall–Kier alpha value is -3.05. The number of amides is 1. The summed E-state index contributed by atoms with van der Waals surface area (Å²) in [5.74, 6) is 0.350. The molecule has 2 N–H and O–H groups in total. The third-order valence-electron chi connectivity index (χ3n) is 3.77. The summed E-state index contributed by atoms with van der Waals surface area (Å²) in [4.78, 5) is 16.6. The molecule has 0 saturated carbocycles. The van der Waals surface area contributed by atoms with Gasteiger partial charge in [-0.05, 0) is 35.9 Å². The molecule has 0 unspecified atom stereocenters. The average Bonchev–Trinajstić information content (AvgIpc) is 2.68. The lowest BCUT2D eigenvalue weighted by Gasteiger charge is -2.11. The summed E-state index contributed by atoms with van der Waals surface area (Å²) in [6.07, 6.45) is 3.20. The van der Waals surface area contributed by atoms with Gasteiger partial charge in [-0.2, -0.15) is 0 Å². The molecule has 132 valence electrons. The predicted molar refractivity (Wildman–Crippen MR) is 104 cm³/mol. The van der Waals surface area contributed by atoms with Crippen molar-refractivity contribution in [3.8, 4) is 5.75 Å². The Labute approximate surface area is 157 Å². The minimum absolute atomic E-state index is 0.253. The largest absolute Gasteiger partial charge is 0.495 e. The summed E-state index contributed by atoms with van der Waals surface area (Å²) in [6.45, 7) is 0.608. The third kappa shape index (κ3) is 4.52. The van der Waals surface area contributed by atoms with E-state index in [4.69, 9.17) is 16.3 Å². The van der Waals surface area contributed by atoms with Gasteiger partial charge in [0.15, 0.2) is 0 Å². The molecule has 1 amide bonds. The topological polar surface area (TPSA) is 63.2 Å². The van der Waals surface area contributed by atoms with Crippen LogP contribution in [0.2, 0.25) is 5.02 Å². The molecular formula is C20H18ClN3O2. The first-order valence-corrected chi connectivity index (χ1v) is 8.41. The highest BCUT2D eigenvalue weighted by atomic mass is 35.5. The van der Waals surface area contributed by atoms with Crippen molar-refractivity contribution >= 4 is 28.9 Å². The number of carbonyl (C=O) groups excluding carboxylic acids is 1. The molecule has 3 rings (SSSR count). The highest BCUT2D eigenvalue weighted by Gasteiger charge is 2.10. The summed E-state index contributed by atoms with van der Waals surface area (Å²) < 4.78 is 5.25. The van der Waals surface area contributed by atoms with Crippen molar-refractivity contribution in [3.05, 3.63) is 83.1 Å². The summed E-state index contributed by atoms with van der Waals surface area (Å²) >= 11 is 5.89. The normalized spacial score (nSPS) is 10.2. The Morgan fingerprint density at radius 3 is 2.65 bits per heavy atom. The van der Waals surface area contributed by atoms with E-state index in [0.29, 0.717) is 28.6 Å². The molecule has 1 heterocycles. The van der Waals surface area contributed by atoms with Crippen LogP contribution in [0.15, 0.2) is 67.0 Å². The van der Waals surface area contributed by atoms with E-state index in [1.807, 2.05) is 36.4 Å². The van der Waals surface area contributed by atoms with E-state index in [1.165, 1.54) is 6.20 Å². The predicted octanol–water partition coefficient (Wildman–Crippen LogP) is 4.61. The Morgan fingerprint density at radius 2 is 1.88 bits per heavy atom. The number of benzene rings is 2. The molecule has 0 bridgehead atoms. The minimum atomic E-state index is -0.253.